The van der Waals surface area contributed by atoms with Gasteiger partial charge in [0.25, 0.3) is 0 Å². The fraction of sp³-hybridized carbons (Fsp3) is 0.316. The second-order valence-electron chi connectivity index (χ2n) is 6.13. The van der Waals surface area contributed by atoms with Gasteiger partial charge in [0.15, 0.2) is 0 Å². The minimum absolute atomic E-state index is 0.249. The third kappa shape index (κ3) is 6.79. The van der Waals surface area contributed by atoms with Gasteiger partial charge in [-0.2, -0.15) is 8.78 Å². The fourth-order valence-electron chi connectivity index (χ4n) is 2.33. The van der Waals surface area contributed by atoms with Crippen LogP contribution in [0.5, 0.6) is 0 Å². The van der Waals surface area contributed by atoms with Gasteiger partial charge in [-0.3, -0.25) is 0 Å². The van der Waals surface area contributed by atoms with Crippen LogP contribution in [0.25, 0.3) is 0 Å². The van der Waals surface area contributed by atoms with Crippen molar-refractivity contribution in [2.45, 2.75) is 31.9 Å². The number of hydrogen-bond acceptors (Lipinski definition) is 2. The van der Waals surface area contributed by atoms with Crippen molar-refractivity contribution < 1.29 is 27.1 Å². The van der Waals surface area contributed by atoms with Crippen LogP contribution in [0.4, 0.5) is 28.0 Å². The lowest BCUT2D eigenvalue weighted by atomic mass is 10.1. The quantitative estimate of drug-likeness (QED) is 0.490. The van der Waals surface area contributed by atoms with Gasteiger partial charge < -0.3 is 15.4 Å². The van der Waals surface area contributed by atoms with E-state index in [1.54, 1.807) is 18.2 Å². The molecule has 0 aliphatic heterocycles. The van der Waals surface area contributed by atoms with Crippen molar-refractivity contribution in [1.29, 1.82) is 0 Å². The van der Waals surface area contributed by atoms with E-state index in [0.29, 0.717) is 11.3 Å². The number of anilines is 1. The van der Waals surface area contributed by atoms with E-state index in [2.05, 4.69) is 31.3 Å². The number of alkyl halides is 4. The molecule has 0 bridgehead atoms. The maximum Gasteiger partial charge on any atom is 0.330 e. The third-order valence-corrected chi connectivity index (χ3v) is 4.26. The molecule has 0 saturated carbocycles. The van der Waals surface area contributed by atoms with Crippen molar-refractivity contribution >= 4 is 27.6 Å². The Hall–Kier alpha value is -2.13. The molecule has 28 heavy (non-hydrogen) atoms. The second-order valence-corrected chi connectivity index (χ2v) is 7.05. The lowest BCUT2D eigenvalue weighted by Crippen LogP contribution is -2.32. The lowest BCUT2D eigenvalue weighted by molar-refractivity contribution is -0.168. The molecule has 2 N–H and O–H groups in total. The number of carbonyl (C=O) groups is 1. The summed E-state index contributed by atoms with van der Waals surface area (Å²) in [7, 11) is 0. The van der Waals surface area contributed by atoms with Crippen LogP contribution < -0.4 is 10.6 Å². The number of hydrogen-bond donors (Lipinski definition) is 2. The number of halogens is 5. The maximum atomic E-state index is 12.8. The van der Waals surface area contributed by atoms with Gasteiger partial charge in [0.2, 0.25) is 0 Å². The number of ether oxygens (including phenoxy) is 1. The largest absolute Gasteiger partial charge is 0.370 e. The molecule has 0 fully saturated rings. The van der Waals surface area contributed by atoms with E-state index in [9.17, 15) is 22.4 Å². The molecule has 2 aromatic rings. The first kappa shape index (κ1) is 22.2. The van der Waals surface area contributed by atoms with E-state index in [4.69, 9.17) is 0 Å². The molecule has 0 aliphatic carbocycles. The van der Waals surface area contributed by atoms with E-state index < -0.39 is 25.0 Å². The number of nitrogens with one attached hydrogen (secondary N) is 2. The molecular formula is C19H19BrF4N2O2. The smallest absolute Gasteiger partial charge is 0.330 e. The normalized spacial score (nSPS) is 12.7. The summed E-state index contributed by atoms with van der Waals surface area (Å²) in [5.41, 5.74) is 1.79. The van der Waals surface area contributed by atoms with Crippen LogP contribution in [0.3, 0.4) is 0 Å². The summed E-state index contributed by atoms with van der Waals surface area (Å²) in [5.74, 6) is -4.20. The molecule has 9 heteroatoms. The van der Waals surface area contributed by atoms with Gasteiger partial charge in [-0.1, -0.05) is 40.2 Å². The highest BCUT2D eigenvalue weighted by molar-refractivity contribution is 9.10. The monoisotopic (exact) mass is 462 g/mol. The summed E-state index contributed by atoms with van der Waals surface area (Å²) in [6.45, 7) is 0.162. The van der Waals surface area contributed by atoms with E-state index in [1.807, 2.05) is 31.2 Å². The van der Waals surface area contributed by atoms with Gasteiger partial charge in [0, 0.05) is 10.2 Å². The Morgan fingerprint density at radius 2 is 1.89 bits per heavy atom. The van der Waals surface area contributed by atoms with Crippen molar-refractivity contribution in [2.75, 3.05) is 11.9 Å². The summed E-state index contributed by atoms with van der Waals surface area (Å²) in [6, 6.07) is 13.1. The highest BCUT2D eigenvalue weighted by Crippen LogP contribution is 2.23. The van der Waals surface area contributed by atoms with Crippen LogP contribution in [-0.2, 0) is 11.3 Å². The van der Waals surface area contributed by atoms with E-state index in [0.717, 1.165) is 10.0 Å². The number of urea groups is 1. The molecule has 0 aliphatic rings. The van der Waals surface area contributed by atoms with Gasteiger partial charge in [0.1, 0.15) is 6.61 Å². The van der Waals surface area contributed by atoms with Crippen LogP contribution in [0.2, 0.25) is 0 Å². The fourth-order valence-corrected chi connectivity index (χ4v) is 2.75. The van der Waals surface area contributed by atoms with Crippen molar-refractivity contribution in [3.63, 3.8) is 0 Å². The molecule has 1 atom stereocenters. The standard InChI is InChI=1S/C19H19BrF4N2O2/c1-12(14-5-3-6-15(20)9-14)25-18(27)26-16-7-2-4-13(8-16)10-28-11-19(23,24)17(21)22/h2-9,12,17H,10-11H2,1H3,(H2,25,26,27). The summed E-state index contributed by atoms with van der Waals surface area (Å²) >= 11 is 3.37. The Bertz CT molecular complexity index is 805. The van der Waals surface area contributed by atoms with E-state index in [1.165, 1.54) is 6.07 Å². The average molecular weight is 463 g/mol. The molecule has 1 unspecified atom stereocenters. The Balaban J connectivity index is 1.88. The number of carbonyl (C=O) groups excluding carboxylic acids is 1. The number of rotatable bonds is 8. The zero-order valence-corrected chi connectivity index (χ0v) is 16.5. The molecule has 2 rings (SSSR count). The first-order valence-corrected chi connectivity index (χ1v) is 9.12. The molecule has 152 valence electrons. The summed E-state index contributed by atoms with van der Waals surface area (Å²) in [6.07, 6.45) is -3.78. The van der Waals surface area contributed by atoms with Crippen LogP contribution in [0, 0.1) is 0 Å². The van der Waals surface area contributed by atoms with Crippen LogP contribution >= 0.6 is 15.9 Å². The maximum absolute atomic E-state index is 12.8. The highest BCUT2D eigenvalue weighted by atomic mass is 79.9. The Labute approximate surface area is 168 Å². The second kappa shape index (κ2) is 9.88. The van der Waals surface area contributed by atoms with E-state index >= 15 is 0 Å². The first-order valence-electron chi connectivity index (χ1n) is 8.33. The zero-order valence-electron chi connectivity index (χ0n) is 14.9. The van der Waals surface area contributed by atoms with Crippen LogP contribution in [-0.4, -0.2) is 25.0 Å². The number of amides is 2. The minimum Gasteiger partial charge on any atom is -0.370 e. The van der Waals surface area contributed by atoms with Gasteiger partial charge in [-0.05, 0) is 42.3 Å². The summed E-state index contributed by atoms with van der Waals surface area (Å²) in [5, 5.41) is 5.42. The lowest BCUT2D eigenvalue weighted by Gasteiger charge is -2.16. The molecular weight excluding hydrogens is 444 g/mol. The predicted molar refractivity (Wildman–Crippen MR) is 102 cm³/mol. The van der Waals surface area contributed by atoms with Crippen molar-refractivity contribution in [1.82, 2.24) is 5.32 Å². The van der Waals surface area contributed by atoms with Crippen molar-refractivity contribution in [3.05, 3.63) is 64.1 Å². The molecule has 0 heterocycles. The van der Waals surface area contributed by atoms with Crippen molar-refractivity contribution in [3.8, 4) is 0 Å². The third-order valence-electron chi connectivity index (χ3n) is 3.76. The molecule has 0 spiro atoms. The van der Waals surface area contributed by atoms with Crippen LogP contribution in [0.1, 0.15) is 24.1 Å². The zero-order chi connectivity index (χ0) is 20.7. The summed E-state index contributed by atoms with van der Waals surface area (Å²) < 4.78 is 55.5. The van der Waals surface area contributed by atoms with Crippen molar-refractivity contribution in [2.24, 2.45) is 0 Å². The van der Waals surface area contributed by atoms with Gasteiger partial charge >= 0.3 is 18.4 Å². The van der Waals surface area contributed by atoms with E-state index in [-0.39, 0.29) is 12.6 Å². The Morgan fingerprint density at radius 3 is 2.57 bits per heavy atom. The predicted octanol–water partition coefficient (Wildman–Crippen LogP) is 5.75. The first-order chi connectivity index (χ1) is 13.2. The SMILES string of the molecule is CC(NC(=O)Nc1cccc(COCC(F)(F)C(F)F)c1)c1cccc(Br)c1. The van der Waals surface area contributed by atoms with Gasteiger partial charge in [-0.15, -0.1) is 0 Å². The molecule has 2 aromatic carbocycles. The van der Waals surface area contributed by atoms with Crippen LogP contribution in [0.15, 0.2) is 53.0 Å². The van der Waals surface area contributed by atoms with Gasteiger partial charge in [0.05, 0.1) is 12.6 Å². The summed E-state index contributed by atoms with van der Waals surface area (Å²) in [4.78, 5) is 12.2. The molecule has 4 nitrogen and oxygen atoms in total. The Kier molecular flexibility index (Phi) is 7.82. The average Bonchev–Trinajstić information content (AvgIpc) is 2.61. The number of benzene rings is 2. The molecule has 0 radical (unpaired) electrons. The molecule has 2 amide bonds. The minimum atomic E-state index is -4.20. The van der Waals surface area contributed by atoms with Gasteiger partial charge in [-0.25, -0.2) is 13.6 Å². The highest BCUT2D eigenvalue weighted by Gasteiger charge is 2.40. The molecule has 0 saturated heterocycles. The molecule has 0 aromatic heterocycles. The topological polar surface area (TPSA) is 50.4 Å². The Morgan fingerprint density at radius 1 is 1.18 bits per heavy atom.